The van der Waals surface area contributed by atoms with Crippen molar-refractivity contribution >= 4 is 39.3 Å². The van der Waals surface area contributed by atoms with Crippen molar-refractivity contribution < 1.29 is 13.6 Å². The zero-order valence-electron chi connectivity index (χ0n) is 11.8. The number of hydrogen-bond acceptors (Lipinski definition) is 3. The molecule has 9 heteroatoms. The monoisotopic (exact) mass is 404 g/mol. The number of halogens is 4. The third-order valence-corrected chi connectivity index (χ3v) is 4.27. The van der Waals surface area contributed by atoms with Gasteiger partial charge in [0, 0.05) is 16.6 Å². The molecule has 1 amide bonds. The minimum atomic E-state index is -2.77. The van der Waals surface area contributed by atoms with E-state index in [2.05, 4.69) is 31.3 Å². The highest BCUT2D eigenvalue weighted by atomic mass is 79.9. The van der Waals surface area contributed by atoms with Gasteiger partial charge in [0.2, 0.25) is 5.91 Å². The number of nitrogens with one attached hydrogen (secondary N) is 1. The molecule has 1 aliphatic carbocycles. The first-order chi connectivity index (χ1) is 11.0. The van der Waals surface area contributed by atoms with E-state index in [0.29, 0.717) is 11.5 Å². The van der Waals surface area contributed by atoms with Gasteiger partial charge in [-0.1, -0.05) is 11.6 Å². The summed E-state index contributed by atoms with van der Waals surface area (Å²) < 4.78 is 28.0. The number of aromatic nitrogens is 3. The van der Waals surface area contributed by atoms with Crippen LogP contribution in [0.5, 0.6) is 0 Å². The van der Waals surface area contributed by atoms with E-state index in [1.54, 1.807) is 18.3 Å². The van der Waals surface area contributed by atoms with Gasteiger partial charge in [-0.25, -0.2) is 13.8 Å². The van der Waals surface area contributed by atoms with Crippen molar-refractivity contribution in [3.8, 4) is 0 Å². The molecule has 2 aromatic rings. The molecule has 1 saturated carbocycles. The zero-order valence-corrected chi connectivity index (χ0v) is 14.1. The molecule has 0 saturated heterocycles. The normalized spacial score (nSPS) is 14.3. The van der Waals surface area contributed by atoms with Gasteiger partial charge in [-0.2, -0.15) is 5.10 Å². The van der Waals surface area contributed by atoms with Gasteiger partial charge in [0.25, 0.3) is 6.43 Å². The Balaban J connectivity index is 1.77. The molecule has 0 radical (unpaired) electrons. The lowest BCUT2D eigenvalue weighted by Gasteiger charge is -2.08. The van der Waals surface area contributed by atoms with Crippen LogP contribution in [0.1, 0.15) is 36.6 Å². The molecule has 2 aromatic heterocycles. The topological polar surface area (TPSA) is 59.8 Å². The van der Waals surface area contributed by atoms with Crippen molar-refractivity contribution in [2.75, 3.05) is 5.32 Å². The van der Waals surface area contributed by atoms with Crippen LogP contribution >= 0.6 is 27.5 Å². The van der Waals surface area contributed by atoms with E-state index in [-0.39, 0.29) is 17.5 Å². The van der Waals surface area contributed by atoms with Crippen LogP contribution in [-0.4, -0.2) is 20.7 Å². The molecular weight excluding hydrogens is 394 g/mol. The maximum absolute atomic E-state index is 13.0. The first-order valence-corrected chi connectivity index (χ1v) is 8.08. The molecule has 0 spiro atoms. The zero-order chi connectivity index (χ0) is 16.6. The summed E-state index contributed by atoms with van der Waals surface area (Å²) in [4.78, 5) is 16.1. The average molecular weight is 406 g/mol. The van der Waals surface area contributed by atoms with Gasteiger partial charge in [0.1, 0.15) is 18.1 Å². The smallest absolute Gasteiger partial charge is 0.283 e. The number of rotatable bonds is 5. The maximum atomic E-state index is 13.0. The average Bonchev–Trinajstić information content (AvgIpc) is 3.26. The Morgan fingerprint density at radius 1 is 1.48 bits per heavy atom. The second-order valence-corrected chi connectivity index (χ2v) is 6.52. The molecule has 0 aliphatic heterocycles. The van der Waals surface area contributed by atoms with Crippen LogP contribution in [0.15, 0.2) is 22.8 Å². The lowest BCUT2D eigenvalue weighted by Crippen LogP contribution is -2.21. The highest BCUT2D eigenvalue weighted by molar-refractivity contribution is 9.10. The molecule has 3 rings (SSSR count). The Hall–Kier alpha value is -1.54. The van der Waals surface area contributed by atoms with Gasteiger partial charge in [-0.3, -0.25) is 9.48 Å². The number of anilines is 1. The summed E-state index contributed by atoms with van der Waals surface area (Å²) >= 11 is 9.26. The predicted octanol–water partition coefficient (Wildman–Crippen LogP) is 4.15. The van der Waals surface area contributed by atoms with Crippen molar-refractivity contribution in [3.63, 3.8) is 0 Å². The van der Waals surface area contributed by atoms with Crippen LogP contribution in [0, 0.1) is 0 Å². The molecule has 0 bridgehead atoms. The summed E-state index contributed by atoms with van der Waals surface area (Å²) in [6.45, 7) is -0.185. The quantitative estimate of drug-likeness (QED) is 0.813. The lowest BCUT2D eigenvalue weighted by atomic mass is 10.2. The Morgan fingerprint density at radius 2 is 2.22 bits per heavy atom. The minimum absolute atomic E-state index is 0.0305. The Morgan fingerprint density at radius 3 is 2.78 bits per heavy atom. The summed E-state index contributed by atoms with van der Waals surface area (Å²) in [6, 6.07) is 3.36. The molecule has 1 fully saturated rings. The fourth-order valence-corrected chi connectivity index (χ4v) is 2.85. The van der Waals surface area contributed by atoms with Crippen LogP contribution < -0.4 is 5.32 Å². The van der Waals surface area contributed by atoms with Crippen molar-refractivity contribution in [2.45, 2.75) is 31.7 Å². The van der Waals surface area contributed by atoms with Gasteiger partial charge >= 0.3 is 0 Å². The second-order valence-electron chi connectivity index (χ2n) is 5.23. The van der Waals surface area contributed by atoms with E-state index < -0.39 is 18.0 Å². The largest absolute Gasteiger partial charge is 0.309 e. The molecule has 122 valence electrons. The maximum Gasteiger partial charge on any atom is 0.283 e. The third-order valence-electron chi connectivity index (χ3n) is 3.42. The molecule has 1 N–H and O–H groups in total. The Bertz CT molecular complexity index is 731. The SMILES string of the molecule is O=C(Cn1nc(C(F)F)c(Cl)c1C1CC1)Nc1ccc(Br)cn1. The number of hydrogen-bond donors (Lipinski definition) is 1. The Kier molecular flexibility index (Phi) is 4.63. The number of nitrogens with zero attached hydrogens (tertiary/aromatic N) is 3. The summed E-state index contributed by atoms with van der Waals surface area (Å²) in [5.74, 6) is 0.0707. The van der Waals surface area contributed by atoms with Gasteiger partial charge in [-0.15, -0.1) is 0 Å². The summed E-state index contributed by atoms with van der Waals surface area (Å²) in [5, 5.41) is 6.38. The standard InChI is InChI=1S/C14H12BrClF2N4O/c15-8-3-4-9(19-5-8)20-10(23)6-22-13(7-1-2-7)11(16)12(21-22)14(17)18/h3-5,7,14H,1-2,6H2,(H,19,20,23). The van der Waals surface area contributed by atoms with E-state index in [4.69, 9.17) is 11.6 Å². The molecule has 0 aromatic carbocycles. The van der Waals surface area contributed by atoms with Crippen LogP contribution in [0.3, 0.4) is 0 Å². The van der Waals surface area contributed by atoms with Crippen LogP contribution in [-0.2, 0) is 11.3 Å². The molecular formula is C14H12BrClF2N4O. The molecule has 2 heterocycles. The molecule has 0 unspecified atom stereocenters. The fourth-order valence-electron chi connectivity index (χ4n) is 2.25. The van der Waals surface area contributed by atoms with Crippen LogP contribution in [0.4, 0.5) is 14.6 Å². The van der Waals surface area contributed by atoms with E-state index in [1.165, 1.54) is 4.68 Å². The van der Waals surface area contributed by atoms with Crippen LogP contribution in [0.2, 0.25) is 5.02 Å². The number of alkyl halides is 2. The van der Waals surface area contributed by atoms with E-state index in [9.17, 15) is 13.6 Å². The van der Waals surface area contributed by atoms with E-state index in [0.717, 1.165) is 17.3 Å². The summed E-state index contributed by atoms with van der Waals surface area (Å²) in [5.41, 5.74) is 0.0454. The highest BCUT2D eigenvalue weighted by Gasteiger charge is 2.34. The number of carbonyl (C=O) groups is 1. The van der Waals surface area contributed by atoms with Gasteiger partial charge in [0.15, 0.2) is 0 Å². The van der Waals surface area contributed by atoms with Gasteiger partial charge in [-0.05, 0) is 40.9 Å². The van der Waals surface area contributed by atoms with Crippen LogP contribution in [0.25, 0.3) is 0 Å². The molecule has 1 aliphatic rings. The van der Waals surface area contributed by atoms with Crippen molar-refractivity contribution in [1.82, 2.24) is 14.8 Å². The van der Waals surface area contributed by atoms with E-state index in [1.807, 2.05) is 0 Å². The van der Waals surface area contributed by atoms with Crippen molar-refractivity contribution in [3.05, 3.63) is 39.2 Å². The predicted molar refractivity (Wildman–Crippen MR) is 84.7 cm³/mol. The number of pyridine rings is 1. The second kappa shape index (κ2) is 6.52. The van der Waals surface area contributed by atoms with Crippen molar-refractivity contribution in [2.24, 2.45) is 0 Å². The van der Waals surface area contributed by atoms with E-state index >= 15 is 0 Å². The third kappa shape index (κ3) is 3.69. The van der Waals surface area contributed by atoms with Crippen molar-refractivity contribution in [1.29, 1.82) is 0 Å². The fraction of sp³-hybridized carbons (Fsp3) is 0.357. The number of amides is 1. The summed E-state index contributed by atoms with van der Waals surface area (Å²) in [7, 11) is 0. The molecule has 5 nitrogen and oxygen atoms in total. The van der Waals surface area contributed by atoms with Gasteiger partial charge in [0.05, 0.1) is 10.7 Å². The summed E-state index contributed by atoms with van der Waals surface area (Å²) in [6.07, 6.45) is 0.510. The molecule has 23 heavy (non-hydrogen) atoms. The number of carbonyl (C=O) groups excluding carboxylic acids is 1. The molecule has 0 atom stereocenters. The lowest BCUT2D eigenvalue weighted by molar-refractivity contribution is -0.117. The first-order valence-electron chi connectivity index (χ1n) is 6.91. The Labute approximate surface area is 144 Å². The first kappa shape index (κ1) is 16.3. The minimum Gasteiger partial charge on any atom is -0.309 e. The van der Waals surface area contributed by atoms with Gasteiger partial charge < -0.3 is 5.32 Å². The highest BCUT2D eigenvalue weighted by Crippen LogP contribution is 2.45.